The molecule has 72 valence electrons. The number of hydrogen-bond acceptors (Lipinski definition) is 3. The van der Waals surface area contributed by atoms with Crippen molar-refractivity contribution in [1.82, 2.24) is 0 Å². The normalized spacial score (nSPS) is 9.77. The molecule has 0 fully saturated rings. The molecule has 0 bridgehead atoms. The van der Waals surface area contributed by atoms with Gasteiger partial charge in [-0.2, -0.15) is 0 Å². The summed E-state index contributed by atoms with van der Waals surface area (Å²) in [5, 5.41) is 0.762. The number of nitrogen functional groups attached to an aromatic ring is 1. The molecule has 0 radical (unpaired) electrons. The van der Waals surface area contributed by atoms with E-state index < -0.39 is 0 Å². The topological polar surface area (TPSA) is 47.3 Å². The Morgan fingerprint density at radius 1 is 1.54 bits per heavy atom. The van der Waals surface area contributed by atoms with Crippen LogP contribution in [0.5, 0.6) is 5.75 Å². The average molecular weight is 245 g/mol. The third-order valence-electron chi connectivity index (χ3n) is 1.68. The molecule has 0 saturated carbocycles. The first-order chi connectivity index (χ1) is 6.33. The van der Waals surface area contributed by atoms with Crippen molar-refractivity contribution in [2.45, 2.75) is 12.3 Å². The predicted octanol–water partition coefficient (Wildman–Crippen LogP) is 2.27. The molecular formula is C9H13BrN2O. The monoisotopic (exact) mass is 244 g/mol. The number of nitrogens with two attached hydrogens (primary N) is 1. The highest BCUT2D eigenvalue weighted by Crippen LogP contribution is 2.29. The Morgan fingerprint density at radius 2 is 2.31 bits per heavy atom. The number of ether oxygens (including phenoxy) is 1. The van der Waals surface area contributed by atoms with Crippen molar-refractivity contribution in [3.05, 3.63) is 23.8 Å². The van der Waals surface area contributed by atoms with Crippen LogP contribution in [-0.4, -0.2) is 6.61 Å². The van der Waals surface area contributed by atoms with Crippen molar-refractivity contribution < 1.29 is 4.74 Å². The standard InChI is InChI=1S/C9H13BrN2O/c1-2-13-9-7(6-10)4-3-5-8(9)12-11/h3-5,12H,2,6,11H2,1H3. The van der Waals surface area contributed by atoms with E-state index in [1.54, 1.807) is 0 Å². The SMILES string of the molecule is CCOc1c(CBr)cccc1NN. The van der Waals surface area contributed by atoms with Crippen LogP contribution in [0, 0.1) is 0 Å². The van der Waals surface area contributed by atoms with Gasteiger partial charge in [0.1, 0.15) is 5.75 Å². The minimum absolute atomic E-state index is 0.638. The molecule has 13 heavy (non-hydrogen) atoms. The molecular weight excluding hydrogens is 232 g/mol. The zero-order valence-corrected chi connectivity index (χ0v) is 9.10. The lowest BCUT2D eigenvalue weighted by molar-refractivity contribution is 0.339. The highest BCUT2D eigenvalue weighted by atomic mass is 79.9. The van der Waals surface area contributed by atoms with Crippen LogP contribution < -0.4 is 16.0 Å². The minimum atomic E-state index is 0.638. The Balaban J connectivity index is 3.05. The molecule has 4 heteroatoms. The molecule has 0 spiro atoms. The summed E-state index contributed by atoms with van der Waals surface area (Å²) in [6, 6.07) is 5.83. The first kappa shape index (κ1) is 10.3. The van der Waals surface area contributed by atoms with Gasteiger partial charge in [0.2, 0.25) is 0 Å². The molecule has 0 aliphatic heterocycles. The van der Waals surface area contributed by atoms with Crippen LogP contribution in [0.1, 0.15) is 12.5 Å². The average Bonchev–Trinajstić information content (AvgIpc) is 2.18. The predicted molar refractivity (Wildman–Crippen MR) is 58.1 cm³/mol. The second-order valence-corrected chi connectivity index (χ2v) is 3.07. The molecule has 0 aliphatic rings. The van der Waals surface area contributed by atoms with Crippen LogP contribution >= 0.6 is 15.9 Å². The summed E-state index contributed by atoms with van der Waals surface area (Å²) in [7, 11) is 0. The van der Waals surface area contributed by atoms with E-state index in [1.807, 2.05) is 25.1 Å². The molecule has 1 aromatic carbocycles. The zero-order chi connectivity index (χ0) is 9.68. The third kappa shape index (κ3) is 2.35. The van der Waals surface area contributed by atoms with Crippen LogP contribution in [0.3, 0.4) is 0 Å². The van der Waals surface area contributed by atoms with E-state index in [-0.39, 0.29) is 0 Å². The summed E-state index contributed by atoms with van der Waals surface area (Å²) in [5.41, 5.74) is 4.52. The molecule has 0 unspecified atom stereocenters. The van der Waals surface area contributed by atoms with Crippen molar-refractivity contribution in [3.63, 3.8) is 0 Å². The van der Waals surface area contributed by atoms with Gasteiger partial charge < -0.3 is 10.2 Å². The van der Waals surface area contributed by atoms with Crippen LogP contribution in [0.25, 0.3) is 0 Å². The number of alkyl halides is 1. The van der Waals surface area contributed by atoms with Gasteiger partial charge in [-0.25, -0.2) is 0 Å². The lowest BCUT2D eigenvalue weighted by atomic mass is 10.2. The van der Waals surface area contributed by atoms with Gasteiger partial charge in [0.25, 0.3) is 0 Å². The van der Waals surface area contributed by atoms with E-state index in [4.69, 9.17) is 10.6 Å². The third-order valence-corrected chi connectivity index (χ3v) is 2.29. The van der Waals surface area contributed by atoms with Crippen molar-refractivity contribution in [1.29, 1.82) is 0 Å². The van der Waals surface area contributed by atoms with Crippen molar-refractivity contribution >= 4 is 21.6 Å². The Kier molecular flexibility index (Phi) is 4.05. The summed E-state index contributed by atoms with van der Waals surface area (Å²) >= 11 is 3.39. The number of nitrogens with one attached hydrogen (secondary N) is 1. The van der Waals surface area contributed by atoms with Crippen LogP contribution in [0.2, 0.25) is 0 Å². The number of anilines is 1. The lowest BCUT2D eigenvalue weighted by Gasteiger charge is -2.12. The summed E-state index contributed by atoms with van der Waals surface area (Å²) in [4.78, 5) is 0. The largest absolute Gasteiger partial charge is 0.491 e. The Bertz CT molecular complexity index is 256. The number of rotatable bonds is 4. The van der Waals surface area contributed by atoms with Gasteiger partial charge in [-0.1, -0.05) is 28.1 Å². The first-order valence-electron chi connectivity index (χ1n) is 4.10. The van der Waals surface area contributed by atoms with Gasteiger partial charge in [-0.05, 0) is 13.0 Å². The Hall–Kier alpha value is -0.740. The maximum absolute atomic E-state index is 5.48. The van der Waals surface area contributed by atoms with Crippen LogP contribution in [0.4, 0.5) is 5.69 Å². The summed E-state index contributed by atoms with van der Waals surface area (Å²) < 4.78 is 5.48. The molecule has 0 atom stereocenters. The minimum Gasteiger partial charge on any atom is -0.491 e. The summed E-state index contributed by atoms with van der Waals surface area (Å²) in [6.45, 7) is 2.59. The second kappa shape index (κ2) is 5.09. The van der Waals surface area contributed by atoms with E-state index in [9.17, 15) is 0 Å². The highest BCUT2D eigenvalue weighted by Gasteiger charge is 2.06. The molecule has 1 aromatic rings. The van der Waals surface area contributed by atoms with E-state index in [2.05, 4.69) is 21.4 Å². The molecule has 1 rings (SSSR count). The van der Waals surface area contributed by atoms with Crippen molar-refractivity contribution in [2.75, 3.05) is 12.0 Å². The molecule has 0 heterocycles. The highest BCUT2D eigenvalue weighted by molar-refractivity contribution is 9.08. The van der Waals surface area contributed by atoms with Crippen LogP contribution in [-0.2, 0) is 5.33 Å². The van der Waals surface area contributed by atoms with E-state index >= 15 is 0 Å². The zero-order valence-electron chi connectivity index (χ0n) is 7.51. The van der Waals surface area contributed by atoms with Gasteiger partial charge in [-0.15, -0.1) is 0 Å². The van der Waals surface area contributed by atoms with Crippen molar-refractivity contribution in [2.24, 2.45) is 5.84 Å². The maximum atomic E-state index is 5.48. The second-order valence-electron chi connectivity index (χ2n) is 2.50. The number of hydrogen-bond donors (Lipinski definition) is 2. The maximum Gasteiger partial charge on any atom is 0.147 e. The van der Waals surface area contributed by atoms with Gasteiger partial charge in [-0.3, -0.25) is 5.84 Å². The fourth-order valence-corrected chi connectivity index (χ4v) is 1.56. The fraction of sp³-hybridized carbons (Fsp3) is 0.333. The van der Waals surface area contributed by atoms with Gasteiger partial charge in [0.05, 0.1) is 12.3 Å². The molecule has 0 aromatic heterocycles. The molecule has 3 N–H and O–H groups in total. The number of para-hydroxylation sites is 1. The number of benzene rings is 1. The molecule has 0 saturated heterocycles. The van der Waals surface area contributed by atoms with Gasteiger partial charge in [0.15, 0.2) is 0 Å². The summed E-state index contributed by atoms with van der Waals surface area (Å²) in [5.74, 6) is 6.18. The van der Waals surface area contributed by atoms with E-state index in [0.717, 1.165) is 22.3 Å². The first-order valence-corrected chi connectivity index (χ1v) is 5.22. The number of halogens is 1. The number of hydrazine groups is 1. The Morgan fingerprint density at radius 3 is 2.85 bits per heavy atom. The van der Waals surface area contributed by atoms with E-state index in [0.29, 0.717) is 6.61 Å². The summed E-state index contributed by atoms with van der Waals surface area (Å²) in [6.07, 6.45) is 0. The van der Waals surface area contributed by atoms with Crippen molar-refractivity contribution in [3.8, 4) is 5.75 Å². The molecule has 0 amide bonds. The van der Waals surface area contributed by atoms with Gasteiger partial charge in [0, 0.05) is 10.9 Å². The molecule has 3 nitrogen and oxygen atoms in total. The molecule has 0 aliphatic carbocycles. The van der Waals surface area contributed by atoms with E-state index in [1.165, 1.54) is 0 Å². The lowest BCUT2D eigenvalue weighted by Crippen LogP contribution is -2.09. The fourth-order valence-electron chi connectivity index (χ4n) is 1.12. The van der Waals surface area contributed by atoms with Crippen LogP contribution in [0.15, 0.2) is 18.2 Å². The Labute approximate surface area is 86.4 Å². The smallest absolute Gasteiger partial charge is 0.147 e. The van der Waals surface area contributed by atoms with Gasteiger partial charge >= 0.3 is 0 Å². The quantitative estimate of drug-likeness (QED) is 0.486.